The molecule has 0 aromatic heterocycles. The lowest BCUT2D eigenvalue weighted by atomic mass is 9.99. The Hall–Kier alpha value is -2.64. The molecule has 0 aliphatic carbocycles. The molecule has 1 amide bonds. The van der Waals surface area contributed by atoms with Crippen molar-refractivity contribution in [3.8, 4) is 0 Å². The van der Waals surface area contributed by atoms with Crippen LogP contribution < -0.4 is 5.32 Å². The molecule has 0 saturated carbocycles. The molecule has 0 spiro atoms. The summed E-state index contributed by atoms with van der Waals surface area (Å²) in [6.45, 7) is 4.35. The van der Waals surface area contributed by atoms with E-state index in [-0.39, 0.29) is 18.5 Å². The van der Waals surface area contributed by atoms with Crippen LogP contribution >= 0.6 is 0 Å². The average molecular weight is 1400 g/mol. The Labute approximate surface area is 611 Å². The number of hydrogen-bond donors (Lipinski definition) is 6. The predicted octanol–water partition coefficient (Wildman–Crippen LogP) is 24.0. The number of nitrogens with one attached hydrogen (secondary N) is 1. The molecule has 99 heavy (non-hydrogen) atoms. The zero-order valence-corrected chi connectivity index (χ0v) is 65.0. The molecule has 6 N–H and O–H groups in total. The van der Waals surface area contributed by atoms with Crippen LogP contribution in [0, 0.1) is 0 Å². The molecule has 1 aliphatic rings. The second-order valence-electron chi connectivity index (χ2n) is 29.9. The molecule has 7 unspecified atom stereocenters. The van der Waals surface area contributed by atoms with Gasteiger partial charge in [0.2, 0.25) is 5.91 Å². The topological polar surface area (TPSA) is 175 Å². The Morgan fingerprint density at radius 2 is 0.687 bits per heavy atom. The summed E-state index contributed by atoms with van der Waals surface area (Å²) in [7, 11) is 0. The molecule has 0 aromatic carbocycles. The molecular formula is C88H163NO10. The summed E-state index contributed by atoms with van der Waals surface area (Å²) < 4.78 is 16.8. The molecule has 580 valence electrons. The van der Waals surface area contributed by atoms with Crippen molar-refractivity contribution in [2.45, 2.75) is 468 Å². The van der Waals surface area contributed by atoms with Gasteiger partial charge in [-0.25, -0.2) is 0 Å². The first-order valence-electron chi connectivity index (χ1n) is 43.1. The van der Waals surface area contributed by atoms with E-state index in [2.05, 4.69) is 67.8 Å². The minimum Gasteiger partial charge on any atom is -0.466 e. The van der Waals surface area contributed by atoms with Crippen LogP contribution in [0.3, 0.4) is 0 Å². The summed E-state index contributed by atoms with van der Waals surface area (Å²) in [5, 5.41) is 54.5. The van der Waals surface area contributed by atoms with Crippen LogP contribution in [0.1, 0.15) is 425 Å². The van der Waals surface area contributed by atoms with Gasteiger partial charge in [-0.1, -0.05) is 383 Å². The number of unbranched alkanes of at least 4 members (excludes halogenated alkanes) is 55. The standard InChI is InChI=1S/C88H163NO10/c1-3-5-7-9-11-13-15-17-18-19-41-45-48-52-56-60-64-68-72-76-84(93)97-77-73-69-65-61-57-53-49-46-43-40-38-36-34-32-30-28-26-24-22-20-21-23-25-27-29-31-33-35-37-39-42-44-47-51-55-59-63-67-71-75-83(92)89-80(79-98-88-87(96)86(95)85(94)82(78-90)99-88)81(91)74-70-66-62-58-54-50-16-14-12-10-8-6-4-2/h12,14,20-21,24,26,54,58,70,74,80-82,85-88,90-91,94-96H,3-11,13,15-19,22-23,25,27-53,55-57,59-69,71-73,75-79H2,1-2H3,(H,89,92)/b14-12+,21-20-,26-24-,58-54+,74-70+. The number of carbonyl (C=O) groups excluding carboxylic acids is 2. The molecular weight excluding hydrogens is 1230 g/mol. The number of allylic oxidation sites excluding steroid dienone is 9. The molecule has 1 heterocycles. The number of ether oxygens (including phenoxy) is 3. The lowest BCUT2D eigenvalue weighted by Gasteiger charge is -2.40. The third-order valence-corrected chi connectivity index (χ3v) is 20.3. The van der Waals surface area contributed by atoms with Gasteiger partial charge in [0.05, 0.1) is 32.0 Å². The van der Waals surface area contributed by atoms with Gasteiger partial charge < -0.3 is 45.1 Å². The lowest BCUT2D eigenvalue weighted by Crippen LogP contribution is -2.60. The van der Waals surface area contributed by atoms with E-state index in [0.717, 1.165) is 70.6 Å². The number of hydrogen-bond acceptors (Lipinski definition) is 10. The maximum Gasteiger partial charge on any atom is 0.305 e. The minimum atomic E-state index is -1.58. The fraction of sp³-hybridized carbons (Fsp3) is 0.864. The Bertz CT molecular complexity index is 1830. The SMILES string of the molecule is CCCCC/C=C/CC/C=C/CC/C=C/C(O)C(COC1OC(CO)C(O)C(O)C1O)NC(=O)CCCCCCCCCCCCCCCCCCC/C=C\C/C=C\CCCCCCCCCCCCCCCCCOC(=O)CCCCCCCCCCCCCCCCCCCCC. The zero-order chi connectivity index (χ0) is 71.5. The summed E-state index contributed by atoms with van der Waals surface area (Å²) in [5.74, 6) is -0.173. The first-order chi connectivity index (χ1) is 48.7. The summed E-state index contributed by atoms with van der Waals surface area (Å²) in [6.07, 6.45) is 94.3. The highest BCUT2D eigenvalue weighted by Crippen LogP contribution is 2.24. The van der Waals surface area contributed by atoms with Crippen LogP contribution in [0.2, 0.25) is 0 Å². The van der Waals surface area contributed by atoms with Crippen LogP contribution in [0.25, 0.3) is 0 Å². The maximum absolute atomic E-state index is 13.1. The van der Waals surface area contributed by atoms with E-state index in [1.54, 1.807) is 6.08 Å². The van der Waals surface area contributed by atoms with Gasteiger partial charge in [0, 0.05) is 12.8 Å². The van der Waals surface area contributed by atoms with E-state index in [9.17, 15) is 35.1 Å². The van der Waals surface area contributed by atoms with Crippen LogP contribution in [0.4, 0.5) is 0 Å². The van der Waals surface area contributed by atoms with Crippen molar-refractivity contribution >= 4 is 11.9 Å². The van der Waals surface area contributed by atoms with Crippen molar-refractivity contribution in [3.05, 3.63) is 60.8 Å². The normalized spacial score (nSPS) is 17.4. The molecule has 1 aliphatic heterocycles. The molecule has 0 bridgehead atoms. The van der Waals surface area contributed by atoms with E-state index in [1.807, 2.05) is 6.08 Å². The molecule has 0 radical (unpaired) electrons. The monoisotopic (exact) mass is 1390 g/mol. The third-order valence-electron chi connectivity index (χ3n) is 20.3. The Balaban J connectivity index is 1.88. The van der Waals surface area contributed by atoms with Gasteiger partial charge in [-0.2, -0.15) is 0 Å². The largest absolute Gasteiger partial charge is 0.466 e. The first-order valence-corrected chi connectivity index (χ1v) is 43.1. The molecule has 1 saturated heterocycles. The highest BCUT2D eigenvalue weighted by molar-refractivity contribution is 5.76. The third kappa shape index (κ3) is 64.7. The number of carbonyl (C=O) groups is 2. The lowest BCUT2D eigenvalue weighted by molar-refractivity contribution is -0.302. The van der Waals surface area contributed by atoms with E-state index in [0.29, 0.717) is 19.4 Å². The van der Waals surface area contributed by atoms with E-state index in [4.69, 9.17) is 14.2 Å². The van der Waals surface area contributed by atoms with Gasteiger partial charge in [-0.3, -0.25) is 9.59 Å². The molecule has 7 atom stereocenters. The zero-order valence-electron chi connectivity index (χ0n) is 65.0. The van der Waals surface area contributed by atoms with Gasteiger partial charge in [0.1, 0.15) is 24.4 Å². The van der Waals surface area contributed by atoms with Crippen molar-refractivity contribution < 1.29 is 49.3 Å². The van der Waals surface area contributed by atoms with Crippen LogP contribution in [-0.4, -0.2) is 100 Å². The van der Waals surface area contributed by atoms with Gasteiger partial charge >= 0.3 is 5.97 Å². The van der Waals surface area contributed by atoms with Gasteiger partial charge in [0.15, 0.2) is 6.29 Å². The fourth-order valence-electron chi connectivity index (χ4n) is 13.6. The highest BCUT2D eigenvalue weighted by atomic mass is 16.7. The number of esters is 1. The maximum atomic E-state index is 13.1. The average Bonchev–Trinajstić information content (AvgIpc) is 0.834. The van der Waals surface area contributed by atoms with Gasteiger partial charge in [-0.05, 0) is 89.9 Å². The molecule has 11 nitrogen and oxygen atoms in total. The summed E-state index contributed by atoms with van der Waals surface area (Å²) >= 11 is 0. The Morgan fingerprint density at radius 1 is 0.374 bits per heavy atom. The second kappa shape index (κ2) is 76.5. The Morgan fingerprint density at radius 3 is 1.08 bits per heavy atom. The van der Waals surface area contributed by atoms with Crippen molar-refractivity contribution in [3.63, 3.8) is 0 Å². The van der Waals surface area contributed by atoms with Gasteiger partial charge in [0.25, 0.3) is 0 Å². The molecule has 1 fully saturated rings. The second-order valence-corrected chi connectivity index (χ2v) is 29.9. The van der Waals surface area contributed by atoms with E-state index < -0.39 is 49.5 Å². The highest BCUT2D eigenvalue weighted by Gasteiger charge is 2.44. The van der Waals surface area contributed by atoms with Crippen molar-refractivity contribution in [1.29, 1.82) is 0 Å². The smallest absolute Gasteiger partial charge is 0.305 e. The predicted molar refractivity (Wildman–Crippen MR) is 421 cm³/mol. The number of aliphatic hydroxyl groups excluding tert-OH is 5. The summed E-state index contributed by atoms with van der Waals surface area (Å²) in [6, 6.07) is -0.834. The van der Waals surface area contributed by atoms with E-state index in [1.165, 1.54) is 327 Å². The van der Waals surface area contributed by atoms with Crippen LogP contribution in [0.5, 0.6) is 0 Å². The Kier molecular flexibility index (Phi) is 72.9. The fourth-order valence-corrected chi connectivity index (χ4v) is 13.6. The van der Waals surface area contributed by atoms with Crippen molar-refractivity contribution in [2.24, 2.45) is 0 Å². The first kappa shape index (κ1) is 94.4. The van der Waals surface area contributed by atoms with Crippen molar-refractivity contribution in [2.75, 3.05) is 19.8 Å². The minimum absolute atomic E-state index is 0.0197. The summed E-state index contributed by atoms with van der Waals surface area (Å²) in [5.41, 5.74) is 0. The molecule has 0 aromatic rings. The van der Waals surface area contributed by atoms with Crippen LogP contribution in [-0.2, 0) is 23.8 Å². The number of rotatable bonds is 77. The summed E-state index contributed by atoms with van der Waals surface area (Å²) in [4.78, 5) is 25.2. The van der Waals surface area contributed by atoms with Gasteiger partial charge in [-0.15, -0.1) is 0 Å². The molecule has 1 rings (SSSR count). The quantitative estimate of drug-likeness (QED) is 0.0195. The van der Waals surface area contributed by atoms with Crippen LogP contribution in [0.15, 0.2) is 60.8 Å². The number of aliphatic hydroxyl groups is 5. The van der Waals surface area contributed by atoms with Crippen molar-refractivity contribution in [1.82, 2.24) is 5.32 Å². The number of amides is 1. The van der Waals surface area contributed by atoms with E-state index >= 15 is 0 Å². The molecule has 11 heteroatoms.